The van der Waals surface area contributed by atoms with Gasteiger partial charge in [-0.2, -0.15) is 0 Å². The van der Waals surface area contributed by atoms with Gasteiger partial charge in [0.25, 0.3) is 0 Å². The average Bonchev–Trinajstić information content (AvgIpc) is 2.50. The topological polar surface area (TPSA) is 99.4 Å². The molecule has 1 saturated heterocycles. The van der Waals surface area contributed by atoms with Gasteiger partial charge >= 0.3 is 0 Å². The van der Waals surface area contributed by atoms with Gasteiger partial charge in [0.1, 0.15) is 24.4 Å². The molecule has 4 N–H and O–H groups in total. The Kier molecular flexibility index (Phi) is 9.39. The van der Waals surface area contributed by atoms with Crippen molar-refractivity contribution in [2.24, 2.45) is 0 Å². The normalized spacial score (nSPS) is 29.3. The van der Waals surface area contributed by atoms with Crippen LogP contribution in [0.2, 0.25) is 0 Å². The van der Waals surface area contributed by atoms with Gasteiger partial charge in [0.2, 0.25) is 0 Å². The van der Waals surface area contributed by atoms with Crippen LogP contribution in [-0.4, -0.2) is 64.3 Å². The quantitative estimate of drug-likeness (QED) is 0.440. The molecule has 1 heterocycles. The molecule has 5 atom stereocenters. The molecular formula is C15H30O6. The molecule has 0 aromatic heterocycles. The molecule has 21 heavy (non-hydrogen) atoms. The second-order valence-electron chi connectivity index (χ2n) is 5.73. The minimum Gasteiger partial charge on any atom is -0.394 e. The first kappa shape index (κ1) is 18.8. The lowest BCUT2D eigenvalue weighted by Gasteiger charge is -2.37. The van der Waals surface area contributed by atoms with Crippen molar-refractivity contribution < 1.29 is 29.9 Å². The molecular weight excluding hydrogens is 276 g/mol. The van der Waals surface area contributed by atoms with Crippen LogP contribution in [-0.2, 0) is 9.47 Å². The summed E-state index contributed by atoms with van der Waals surface area (Å²) in [7, 11) is 0. The highest BCUT2D eigenvalue weighted by Crippen LogP contribution is 2.22. The predicted octanol–water partition coefficient (Wildman–Crippen LogP) is 0.553. The molecule has 1 aliphatic heterocycles. The van der Waals surface area contributed by atoms with Crippen LogP contribution in [0.1, 0.15) is 51.9 Å². The number of hydrogen-bond acceptors (Lipinski definition) is 6. The highest BCUT2D eigenvalue weighted by molar-refractivity contribution is 4.84. The molecule has 126 valence electrons. The Balaban J connectivity index is 2.27. The van der Waals surface area contributed by atoms with Gasteiger partial charge in [-0.25, -0.2) is 0 Å². The van der Waals surface area contributed by atoms with Crippen LogP contribution in [0.15, 0.2) is 0 Å². The number of aliphatic hydroxyl groups is 4. The summed E-state index contributed by atoms with van der Waals surface area (Å²) < 4.78 is 10.9. The van der Waals surface area contributed by atoms with Crippen LogP contribution in [0.5, 0.6) is 0 Å². The SMILES string of the molecule is CCCCCCCCC1OC[C@@H](O)[C@H]([C@H](O)[C@@H](O)CO)O1. The number of ether oxygens (including phenoxy) is 2. The van der Waals surface area contributed by atoms with E-state index >= 15 is 0 Å². The molecule has 0 aliphatic carbocycles. The second-order valence-corrected chi connectivity index (χ2v) is 5.73. The van der Waals surface area contributed by atoms with E-state index < -0.39 is 37.3 Å². The van der Waals surface area contributed by atoms with E-state index in [0.717, 1.165) is 12.8 Å². The van der Waals surface area contributed by atoms with Crippen LogP contribution in [0.25, 0.3) is 0 Å². The Morgan fingerprint density at radius 3 is 2.43 bits per heavy atom. The average molecular weight is 306 g/mol. The standard InChI is InChI=1S/C15H30O6/c1-2-3-4-5-6-7-8-13-20-10-12(18)15(21-13)14(19)11(17)9-16/h11-19H,2-10H2,1H3/t11-,12+,13?,14+,15+/m0/s1. The largest absolute Gasteiger partial charge is 0.394 e. The van der Waals surface area contributed by atoms with Crippen LogP contribution in [0.4, 0.5) is 0 Å². The van der Waals surface area contributed by atoms with E-state index in [1.54, 1.807) is 0 Å². The van der Waals surface area contributed by atoms with Crippen LogP contribution < -0.4 is 0 Å². The molecule has 1 fully saturated rings. The predicted molar refractivity (Wildman–Crippen MR) is 77.7 cm³/mol. The summed E-state index contributed by atoms with van der Waals surface area (Å²) in [4.78, 5) is 0. The number of aliphatic hydroxyl groups excluding tert-OH is 4. The smallest absolute Gasteiger partial charge is 0.158 e. The summed E-state index contributed by atoms with van der Waals surface area (Å²) in [6.45, 7) is 1.68. The Morgan fingerprint density at radius 1 is 1.10 bits per heavy atom. The minimum atomic E-state index is -1.32. The maximum Gasteiger partial charge on any atom is 0.158 e. The van der Waals surface area contributed by atoms with Gasteiger partial charge in [-0.1, -0.05) is 39.0 Å². The highest BCUT2D eigenvalue weighted by atomic mass is 16.7. The summed E-state index contributed by atoms with van der Waals surface area (Å²) in [5.74, 6) is 0. The van der Waals surface area contributed by atoms with E-state index in [4.69, 9.17) is 14.6 Å². The zero-order valence-corrected chi connectivity index (χ0v) is 12.9. The third-order valence-corrected chi connectivity index (χ3v) is 3.85. The molecule has 1 aliphatic rings. The first-order valence-corrected chi connectivity index (χ1v) is 8.02. The molecule has 0 aromatic carbocycles. The summed E-state index contributed by atoms with van der Waals surface area (Å²) in [6, 6.07) is 0. The van der Waals surface area contributed by atoms with E-state index in [2.05, 4.69) is 6.92 Å². The van der Waals surface area contributed by atoms with E-state index in [0.29, 0.717) is 6.42 Å². The summed E-state index contributed by atoms with van der Waals surface area (Å²) in [5.41, 5.74) is 0. The Morgan fingerprint density at radius 2 is 1.76 bits per heavy atom. The monoisotopic (exact) mass is 306 g/mol. The maximum absolute atomic E-state index is 9.85. The third-order valence-electron chi connectivity index (χ3n) is 3.85. The van der Waals surface area contributed by atoms with Crippen molar-refractivity contribution in [2.45, 2.75) is 82.6 Å². The van der Waals surface area contributed by atoms with E-state index in [9.17, 15) is 15.3 Å². The maximum atomic E-state index is 9.85. The second kappa shape index (κ2) is 10.5. The zero-order valence-electron chi connectivity index (χ0n) is 12.9. The Bertz CT molecular complexity index is 263. The molecule has 0 aromatic rings. The lowest BCUT2D eigenvalue weighted by atomic mass is 10.0. The van der Waals surface area contributed by atoms with Crippen molar-refractivity contribution in [3.63, 3.8) is 0 Å². The lowest BCUT2D eigenvalue weighted by molar-refractivity contribution is -0.281. The molecule has 6 heteroatoms. The van der Waals surface area contributed by atoms with Crippen LogP contribution >= 0.6 is 0 Å². The van der Waals surface area contributed by atoms with Crippen molar-refractivity contribution in [1.29, 1.82) is 0 Å². The van der Waals surface area contributed by atoms with Crippen molar-refractivity contribution in [2.75, 3.05) is 13.2 Å². The van der Waals surface area contributed by atoms with E-state index in [-0.39, 0.29) is 6.61 Å². The molecule has 6 nitrogen and oxygen atoms in total. The number of unbranched alkanes of at least 4 members (excludes halogenated alkanes) is 5. The number of rotatable bonds is 10. The molecule has 0 saturated carbocycles. The molecule has 1 unspecified atom stereocenters. The summed E-state index contributed by atoms with van der Waals surface area (Å²) in [6.07, 6.45) is 2.67. The third kappa shape index (κ3) is 6.59. The van der Waals surface area contributed by atoms with Crippen molar-refractivity contribution in [1.82, 2.24) is 0 Å². The van der Waals surface area contributed by atoms with Crippen LogP contribution in [0.3, 0.4) is 0 Å². The molecule has 0 radical (unpaired) electrons. The van der Waals surface area contributed by atoms with Gasteiger partial charge in [0, 0.05) is 0 Å². The minimum absolute atomic E-state index is 0.0698. The van der Waals surface area contributed by atoms with Crippen molar-refractivity contribution >= 4 is 0 Å². The van der Waals surface area contributed by atoms with Crippen molar-refractivity contribution in [3.8, 4) is 0 Å². The van der Waals surface area contributed by atoms with Gasteiger partial charge in [-0.3, -0.25) is 0 Å². The molecule has 1 rings (SSSR count). The first-order chi connectivity index (χ1) is 10.1. The van der Waals surface area contributed by atoms with Gasteiger partial charge in [-0.15, -0.1) is 0 Å². The van der Waals surface area contributed by atoms with Crippen LogP contribution in [0, 0.1) is 0 Å². The fourth-order valence-corrected chi connectivity index (χ4v) is 2.48. The first-order valence-electron chi connectivity index (χ1n) is 8.02. The molecule has 0 amide bonds. The zero-order chi connectivity index (χ0) is 15.7. The summed E-state index contributed by atoms with van der Waals surface area (Å²) in [5, 5.41) is 37.9. The van der Waals surface area contributed by atoms with Gasteiger partial charge in [-0.05, 0) is 12.8 Å². The summed E-state index contributed by atoms with van der Waals surface area (Å²) >= 11 is 0. The Labute approximate surface area is 126 Å². The van der Waals surface area contributed by atoms with E-state index in [1.165, 1.54) is 25.7 Å². The Hall–Kier alpha value is -0.240. The lowest BCUT2D eigenvalue weighted by Crippen LogP contribution is -2.54. The molecule has 0 bridgehead atoms. The van der Waals surface area contributed by atoms with Gasteiger partial charge < -0.3 is 29.9 Å². The fraction of sp³-hybridized carbons (Fsp3) is 1.00. The molecule has 0 spiro atoms. The number of hydrogen-bond donors (Lipinski definition) is 4. The fourth-order valence-electron chi connectivity index (χ4n) is 2.48. The van der Waals surface area contributed by atoms with Gasteiger partial charge in [0.15, 0.2) is 6.29 Å². The van der Waals surface area contributed by atoms with E-state index in [1.807, 2.05) is 0 Å². The van der Waals surface area contributed by atoms with Crippen molar-refractivity contribution in [3.05, 3.63) is 0 Å². The van der Waals surface area contributed by atoms with Gasteiger partial charge in [0.05, 0.1) is 13.2 Å². The highest BCUT2D eigenvalue weighted by Gasteiger charge is 2.38.